The molecule has 1 atom stereocenters. The van der Waals surface area contributed by atoms with E-state index in [0.717, 1.165) is 22.5 Å². The maximum Gasteiger partial charge on any atom is 0.301 e. The number of amides is 1. The molecule has 3 aromatic carbocycles. The summed E-state index contributed by atoms with van der Waals surface area (Å²) in [6.07, 6.45) is 0. The van der Waals surface area contributed by atoms with E-state index in [-0.39, 0.29) is 16.5 Å². The molecule has 1 saturated heterocycles. The molecule has 4 aromatic rings. The lowest BCUT2D eigenvalue weighted by molar-refractivity contribution is -0.132. The fourth-order valence-electron chi connectivity index (χ4n) is 4.21. The second kappa shape index (κ2) is 9.94. The third-order valence-corrected chi connectivity index (χ3v) is 6.81. The van der Waals surface area contributed by atoms with Crippen molar-refractivity contribution in [3.05, 3.63) is 111 Å². The quantitative estimate of drug-likeness (QED) is 0.207. The van der Waals surface area contributed by atoms with Gasteiger partial charge in [0.25, 0.3) is 5.78 Å². The van der Waals surface area contributed by atoms with Crippen LogP contribution in [0.2, 0.25) is 0 Å². The summed E-state index contributed by atoms with van der Waals surface area (Å²) < 4.78 is 19.5. The fraction of sp³-hybridized carbons (Fsp3) is 0.143. The lowest BCUT2D eigenvalue weighted by Gasteiger charge is -2.22. The van der Waals surface area contributed by atoms with Crippen LogP contribution in [-0.4, -0.2) is 27.0 Å². The van der Waals surface area contributed by atoms with Gasteiger partial charge in [-0.1, -0.05) is 53.3 Å². The number of aromatic nitrogens is 2. The smallest absolute Gasteiger partial charge is 0.301 e. The van der Waals surface area contributed by atoms with Crippen molar-refractivity contribution in [2.45, 2.75) is 26.5 Å². The molecule has 5 rings (SSSR count). The number of ether oxygens (including phenoxy) is 1. The Morgan fingerprint density at radius 1 is 1.03 bits per heavy atom. The minimum absolute atomic E-state index is 0.113. The third kappa shape index (κ3) is 4.85. The molecule has 0 saturated carbocycles. The minimum Gasteiger partial charge on any atom is -0.507 e. The molecule has 0 unspecified atom stereocenters. The molecule has 0 aliphatic carbocycles. The van der Waals surface area contributed by atoms with Gasteiger partial charge in [0, 0.05) is 5.56 Å². The van der Waals surface area contributed by atoms with E-state index in [1.807, 2.05) is 31.2 Å². The van der Waals surface area contributed by atoms with Crippen LogP contribution in [0.5, 0.6) is 5.75 Å². The maximum atomic E-state index is 13.7. The number of hydrogen-bond acceptors (Lipinski definition) is 7. The predicted molar refractivity (Wildman–Crippen MR) is 138 cm³/mol. The van der Waals surface area contributed by atoms with Crippen molar-refractivity contribution in [2.24, 2.45) is 0 Å². The van der Waals surface area contributed by atoms with E-state index in [1.165, 1.54) is 29.2 Å². The number of Topliss-reactive ketones (excluding diaryl/α,β-unsaturated/α-hetero) is 1. The van der Waals surface area contributed by atoms with Gasteiger partial charge < -0.3 is 9.84 Å². The summed E-state index contributed by atoms with van der Waals surface area (Å²) in [6.45, 7) is 4.12. The van der Waals surface area contributed by atoms with Crippen molar-refractivity contribution >= 4 is 33.9 Å². The predicted octanol–water partition coefficient (Wildman–Crippen LogP) is 5.50. The van der Waals surface area contributed by atoms with Crippen molar-refractivity contribution < 1.29 is 23.8 Å². The summed E-state index contributed by atoms with van der Waals surface area (Å²) in [6, 6.07) is 19.0. The van der Waals surface area contributed by atoms with Gasteiger partial charge in [-0.15, -0.1) is 10.2 Å². The van der Waals surface area contributed by atoms with E-state index in [2.05, 4.69) is 10.2 Å². The molecule has 1 amide bonds. The number of carbonyl (C=O) groups excluding carboxylic acids is 2. The molecule has 1 aliphatic rings. The highest BCUT2D eigenvalue weighted by Gasteiger charge is 2.48. The first kappa shape index (κ1) is 24.3. The number of hydrogen-bond donors (Lipinski definition) is 1. The number of aliphatic hydroxyl groups is 1. The number of ketones is 1. The van der Waals surface area contributed by atoms with E-state index in [9.17, 15) is 19.1 Å². The van der Waals surface area contributed by atoms with E-state index in [0.29, 0.717) is 28.5 Å². The van der Waals surface area contributed by atoms with Gasteiger partial charge in [-0.2, -0.15) is 0 Å². The normalized spacial score (nSPS) is 16.8. The fourth-order valence-corrected chi connectivity index (χ4v) is 4.92. The molecule has 186 valence electrons. The average molecular weight is 516 g/mol. The van der Waals surface area contributed by atoms with Crippen LogP contribution in [0, 0.1) is 19.7 Å². The minimum atomic E-state index is -0.995. The Morgan fingerprint density at radius 2 is 1.76 bits per heavy atom. The number of rotatable bonds is 6. The summed E-state index contributed by atoms with van der Waals surface area (Å²) in [5.74, 6) is -1.93. The van der Waals surface area contributed by atoms with Gasteiger partial charge in [0.1, 0.15) is 28.9 Å². The topological polar surface area (TPSA) is 92.6 Å². The Labute approximate surface area is 216 Å². The highest BCUT2D eigenvalue weighted by atomic mass is 32.1. The summed E-state index contributed by atoms with van der Waals surface area (Å²) in [4.78, 5) is 27.4. The van der Waals surface area contributed by atoms with E-state index in [4.69, 9.17) is 4.74 Å². The Kier molecular flexibility index (Phi) is 6.54. The molecular formula is C28H22FN3O4S. The number of benzene rings is 3. The molecule has 9 heteroatoms. The number of anilines is 1. The van der Waals surface area contributed by atoms with Gasteiger partial charge in [-0.25, -0.2) is 4.39 Å². The van der Waals surface area contributed by atoms with E-state index in [1.54, 1.807) is 31.2 Å². The molecular weight excluding hydrogens is 493 g/mol. The van der Waals surface area contributed by atoms with Gasteiger partial charge in [0.15, 0.2) is 0 Å². The summed E-state index contributed by atoms with van der Waals surface area (Å²) in [5, 5.41) is 20.0. The van der Waals surface area contributed by atoms with Crippen LogP contribution in [0.25, 0.3) is 5.76 Å². The SMILES string of the molecule is Cc1cccc(COc2ccc(C(O)=C3C(=O)C(=O)N(c4nnc(C)s4)[C@@H]3c3ccc(F)cc3)cc2)c1. The zero-order valence-electron chi connectivity index (χ0n) is 20.0. The summed E-state index contributed by atoms with van der Waals surface area (Å²) in [5.41, 5.74) is 2.84. The van der Waals surface area contributed by atoms with Crippen molar-refractivity contribution in [2.75, 3.05) is 4.90 Å². The average Bonchev–Trinajstić information content (AvgIpc) is 3.43. The first-order valence-corrected chi connectivity index (χ1v) is 12.3. The van der Waals surface area contributed by atoms with Crippen LogP contribution >= 0.6 is 11.3 Å². The lowest BCUT2D eigenvalue weighted by atomic mass is 9.95. The van der Waals surface area contributed by atoms with E-state index < -0.39 is 23.5 Å². The number of nitrogens with zero attached hydrogens (tertiary/aromatic N) is 3. The zero-order valence-corrected chi connectivity index (χ0v) is 20.8. The van der Waals surface area contributed by atoms with Crippen molar-refractivity contribution in [3.8, 4) is 5.75 Å². The molecule has 7 nitrogen and oxygen atoms in total. The number of aliphatic hydroxyl groups excluding tert-OH is 1. The van der Waals surface area contributed by atoms with Crippen LogP contribution in [-0.2, 0) is 16.2 Å². The highest BCUT2D eigenvalue weighted by Crippen LogP contribution is 2.43. The van der Waals surface area contributed by atoms with Gasteiger partial charge in [0.05, 0.1) is 11.6 Å². The number of carbonyl (C=O) groups is 2. The molecule has 2 heterocycles. The Bertz CT molecular complexity index is 1510. The van der Waals surface area contributed by atoms with Crippen LogP contribution in [0.1, 0.15) is 33.3 Å². The second-order valence-electron chi connectivity index (χ2n) is 8.63. The van der Waals surface area contributed by atoms with Crippen LogP contribution in [0.15, 0.2) is 78.4 Å². The van der Waals surface area contributed by atoms with Crippen molar-refractivity contribution in [3.63, 3.8) is 0 Å². The van der Waals surface area contributed by atoms with Crippen molar-refractivity contribution in [1.29, 1.82) is 0 Å². The summed E-state index contributed by atoms with van der Waals surface area (Å²) in [7, 11) is 0. The van der Waals surface area contributed by atoms with Crippen LogP contribution in [0.3, 0.4) is 0 Å². The molecule has 1 fully saturated rings. The third-order valence-electron chi connectivity index (χ3n) is 5.97. The maximum absolute atomic E-state index is 13.7. The van der Waals surface area contributed by atoms with Gasteiger partial charge in [-0.05, 0) is 61.4 Å². The zero-order chi connectivity index (χ0) is 26.1. The Hall–Kier alpha value is -4.37. The Balaban J connectivity index is 1.50. The molecule has 0 spiro atoms. The van der Waals surface area contributed by atoms with Gasteiger partial charge >= 0.3 is 5.91 Å². The van der Waals surface area contributed by atoms with Crippen LogP contribution < -0.4 is 9.64 Å². The molecule has 1 aliphatic heterocycles. The number of halogens is 1. The van der Waals surface area contributed by atoms with Gasteiger partial charge in [-0.3, -0.25) is 14.5 Å². The lowest BCUT2D eigenvalue weighted by Crippen LogP contribution is -2.29. The Morgan fingerprint density at radius 3 is 2.41 bits per heavy atom. The highest BCUT2D eigenvalue weighted by molar-refractivity contribution is 7.15. The standard InChI is InChI=1S/C28H22FN3O4S/c1-16-4-3-5-18(14-16)15-36-22-12-8-20(9-13-22)25(33)23-24(19-6-10-21(29)11-7-19)32(27(35)26(23)34)28-31-30-17(2)37-28/h3-14,24,33H,15H2,1-2H3/t24-/m1/s1. The van der Waals surface area contributed by atoms with E-state index >= 15 is 0 Å². The molecule has 0 radical (unpaired) electrons. The first-order chi connectivity index (χ1) is 17.8. The molecule has 1 aromatic heterocycles. The molecule has 1 N–H and O–H groups in total. The molecule has 37 heavy (non-hydrogen) atoms. The van der Waals surface area contributed by atoms with Crippen LogP contribution in [0.4, 0.5) is 9.52 Å². The monoisotopic (exact) mass is 515 g/mol. The second-order valence-corrected chi connectivity index (χ2v) is 9.79. The number of aryl methyl sites for hydroxylation is 2. The van der Waals surface area contributed by atoms with Gasteiger partial charge in [0.2, 0.25) is 5.13 Å². The largest absolute Gasteiger partial charge is 0.507 e. The van der Waals surface area contributed by atoms with Crippen molar-refractivity contribution in [1.82, 2.24) is 10.2 Å². The molecule has 0 bridgehead atoms. The summed E-state index contributed by atoms with van der Waals surface area (Å²) >= 11 is 1.14. The first-order valence-electron chi connectivity index (χ1n) is 11.5.